The minimum atomic E-state index is -2.50. The molecular weight excluding hydrogens is 274 g/mol. The van der Waals surface area contributed by atoms with Gasteiger partial charge < -0.3 is 15.7 Å². The van der Waals surface area contributed by atoms with Crippen molar-refractivity contribution in [2.75, 3.05) is 11.9 Å². The lowest BCUT2D eigenvalue weighted by Crippen LogP contribution is -2.48. The van der Waals surface area contributed by atoms with Crippen molar-refractivity contribution in [3.63, 3.8) is 0 Å². The Kier molecular flexibility index (Phi) is 5.56. The Morgan fingerprint density at radius 1 is 1.47 bits per heavy atom. The van der Waals surface area contributed by atoms with E-state index in [1.54, 1.807) is 26.0 Å². The molecule has 0 spiro atoms. The third-order valence-electron chi connectivity index (χ3n) is 2.16. The Hall–Kier alpha value is -1.34. The average Bonchev–Trinajstić information content (AvgIpc) is 2.27. The van der Waals surface area contributed by atoms with E-state index in [4.69, 9.17) is 5.11 Å². The number of aliphatic hydroxyl groups excluding tert-OH is 1. The normalized spacial score (nSPS) is 11.5. The number of carbonyl (C=O) groups excluding carboxylic acids is 1. The van der Waals surface area contributed by atoms with E-state index in [9.17, 15) is 13.6 Å². The minimum Gasteiger partial charge on any atom is -0.394 e. The summed E-state index contributed by atoms with van der Waals surface area (Å²) in [5.74, 6) is -2.50. The van der Waals surface area contributed by atoms with E-state index in [0.717, 1.165) is 0 Å². The monoisotopic (exact) mass is 290 g/mol. The predicted molar refractivity (Wildman–Crippen MR) is 71.6 cm³/mol. The number of aliphatic hydroxyl groups is 1. The smallest absolute Gasteiger partial charge is 0.319 e. The van der Waals surface area contributed by atoms with Crippen molar-refractivity contribution in [3.8, 4) is 0 Å². The van der Waals surface area contributed by atoms with Gasteiger partial charge in [-0.1, -0.05) is 17.8 Å². The summed E-state index contributed by atoms with van der Waals surface area (Å²) < 4.78 is 24.4. The fourth-order valence-electron chi connectivity index (χ4n) is 1.26. The van der Waals surface area contributed by atoms with E-state index in [2.05, 4.69) is 10.6 Å². The van der Waals surface area contributed by atoms with Crippen LogP contribution < -0.4 is 10.6 Å². The quantitative estimate of drug-likeness (QED) is 0.731. The van der Waals surface area contributed by atoms with Crippen LogP contribution in [0.1, 0.15) is 13.8 Å². The van der Waals surface area contributed by atoms with Crippen molar-refractivity contribution < 1.29 is 18.7 Å². The molecular formula is C12H16F2N2O2S. The summed E-state index contributed by atoms with van der Waals surface area (Å²) in [6, 6.07) is 5.68. The molecule has 0 radical (unpaired) electrons. The predicted octanol–water partition coefficient (Wildman–Crippen LogP) is 2.89. The van der Waals surface area contributed by atoms with E-state index < -0.39 is 17.3 Å². The molecule has 2 amide bonds. The highest BCUT2D eigenvalue weighted by Crippen LogP contribution is 2.27. The van der Waals surface area contributed by atoms with Crippen molar-refractivity contribution in [2.45, 2.75) is 30.0 Å². The molecule has 0 aliphatic rings. The summed E-state index contributed by atoms with van der Waals surface area (Å²) in [6.07, 6.45) is 0. The highest BCUT2D eigenvalue weighted by atomic mass is 32.2. The Labute approximate surface area is 114 Å². The number of anilines is 1. The number of benzene rings is 1. The van der Waals surface area contributed by atoms with Crippen molar-refractivity contribution >= 4 is 23.5 Å². The van der Waals surface area contributed by atoms with Crippen LogP contribution in [0, 0.1) is 0 Å². The van der Waals surface area contributed by atoms with Gasteiger partial charge in [-0.15, -0.1) is 0 Å². The molecule has 0 bridgehead atoms. The summed E-state index contributed by atoms with van der Waals surface area (Å²) in [7, 11) is 0. The molecule has 0 saturated heterocycles. The molecule has 3 N–H and O–H groups in total. The maximum absolute atomic E-state index is 12.2. The Morgan fingerprint density at radius 3 is 2.74 bits per heavy atom. The molecule has 1 aromatic rings. The molecule has 19 heavy (non-hydrogen) atoms. The molecule has 1 rings (SSSR count). The van der Waals surface area contributed by atoms with E-state index in [-0.39, 0.29) is 6.61 Å². The maximum atomic E-state index is 12.2. The van der Waals surface area contributed by atoms with Crippen LogP contribution in [-0.2, 0) is 0 Å². The zero-order chi connectivity index (χ0) is 14.5. The third-order valence-corrected chi connectivity index (χ3v) is 2.87. The first-order valence-electron chi connectivity index (χ1n) is 5.57. The van der Waals surface area contributed by atoms with E-state index in [0.29, 0.717) is 22.3 Å². The van der Waals surface area contributed by atoms with Gasteiger partial charge in [0.2, 0.25) is 0 Å². The van der Waals surface area contributed by atoms with E-state index in [1.807, 2.05) is 0 Å². The van der Waals surface area contributed by atoms with E-state index >= 15 is 0 Å². The number of halogens is 2. The Balaban J connectivity index is 2.64. The molecule has 0 unspecified atom stereocenters. The van der Waals surface area contributed by atoms with Crippen LogP contribution in [0.2, 0.25) is 0 Å². The van der Waals surface area contributed by atoms with E-state index in [1.165, 1.54) is 12.1 Å². The molecule has 4 nitrogen and oxygen atoms in total. The molecule has 1 aromatic carbocycles. The maximum Gasteiger partial charge on any atom is 0.319 e. The number of hydrogen-bond donors (Lipinski definition) is 3. The van der Waals surface area contributed by atoms with Gasteiger partial charge in [0, 0.05) is 10.6 Å². The number of carbonyl (C=O) groups is 1. The largest absolute Gasteiger partial charge is 0.394 e. The topological polar surface area (TPSA) is 61.4 Å². The van der Waals surface area contributed by atoms with Crippen molar-refractivity contribution in [3.05, 3.63) is 24.3 Å². The van der Waals surface area contributed by atoms with Crippen LogP contribution in [0.3, 0.4) is 0 Å². The number of urea groups is 1. The fraction of sp³-hybridized carbons (Fsp3) is 0.417. The van der Waals surface area contributed by atoms with Gasteiger partial charge in [-0.25, -0.2) is 4.79 Å². The van der Waals surface area contributed by atoms with Gasteiger partial charge in [0.25, 0.3) is 5.76 Å². The van der Waals surface area contributed by atoms with Crippen LogP contribution in [0.25, 0.3) is 0 Å². The van der Waals surface area contributed by atoms with Gasteiger partial charge in [0.15, 0.2) is 0 Å². The number of nitrogens with one attached hydrogen (secondary N) is 2. The first-order chi connectivity index (χ1) is 8.82. The highest BCUT2D eigenvalue weighted by molar-refractivity contribution is 7.99. The van der Waals surface area contributed by atoms with Crippen LogP contribution in [0.4, 0.5) is 19.3 Å². The standard InChI is InChI=1S/C12H16F2N2O2S/c1-12(2,7-17)16-11(18)15-8-4-3-5-9(6-8)19-10(13)14/h3-6,10,17H,7H2,1-2H3,(H2,15,16,18). The highest BCUT2D eigenvalue weighted by Gasteiger charge is 2.19. The van der Waals surface area contributed by atoms with Gasteiger partial charge in [0.1, 0.15) is 0 Å². The summed E-state index contributed by atoms with van der Waals surface area (Å²) in [6.45, 7) is 3.12. The molecule has 0 fully saturated rings. The van der Waals surface area contributed by atoms with Crippen LogP contribution in [-0.4, -0.2) is 29.0 Å². The Morgan fingerprint density at radius 2 is 2.16 bits per heavy atom. The third kappa shape index (κ3) is 5.89. The van der Waals surface area contributed by atoms with Crippen LogP contribution in [0.5, 0.6) is 0 Å². The van der Waals surface area contributed by atoms with Crippen molar-refractivity contribution in [2.24, 2.45) is 0 Å². The molecule has 0 saturated carbocycles. The molecule has 0 aliphatic carbocycles. The van der Waals surface area contributed by atoms with Gasteiger partial charge in [-0.05, 0) is 32.0 Å². The lowest BCUT2D eigenvalue weighted by atomic mass is 10.1. The summed E-state index contributed by atoms with van der Waals surface area (Å²) in [5.41, 5.74) is -0.337. The Bertz CT molecular complexity index is 441. The van der Waals surface area contributed by atoms with Gasteiger partial charge >= 0.3 is 6.03 Å². The number of thioether (sulfide) groups is 1. The van der Waals surface area contributed by atoms with Crippen molar-refractivity contribution in [1.82, 2.24) is 5.32 Å². The number of hydrogen-bond acceptors (Lipinski definition) is 3. The minimum absolute atomic E-state index is 0.207. The van der Waals surface area contributed by atoms with Crippen molar-refractivity contribution in [1.29, 1.82) is 0 Å². The molecule has 0 aromatic heterocycles. The van der Waals surface area contributed by atoms with Gasteiger partial charge in [0.05, 0.1) is 12.1 Å². The zero-order valence-corrected chi connectivity index (χ0v) is 11.4. The van der Waals surface area contributed by atoms with Crippen LogP contribution in [0.15, 0.2) is 29.2 Å². The first kappa shape index (κ1) is 15.7. The second-order valence-electron chi connectivity index (χ2n) is 4.53. The molecule has 7 heteroatoms. The van der Waals surface area contributed by atoms with Crippen LogP contribution >= 0.6 is 11.8 Å². The first-order valence-corrected chi connectivity index (χ1v) is 6.45. The molecule has 0 heterocycles. The SMILES string of the molecule is CC(C)(CO)NC(=O)Nc1cccc(SC(F)F)c1. The summed E-state index contributed by atoms with van der Waals surface area (Å²) in [5, 5.41) is 14.1. The second kappa shape index (κ2) is 6.72. The second-order valence-corrected chi connectivity index (χ2v) is 5.59. The number of alkyl halides is 2. The molecule has 106 valence electrons. The molecule has 0 aliphatic heterocycles. The summed E-state index contributed by atoms with van der Waals surface area (Å²) in [4.78, 5) is 12.0. The summed E-state index contributed by atoms with van der Waals surface area (Å²) >= 11 is 0.412. The van der Waals surface area contributed by atoms with Gasteiger partial charge in [-0.3, -0.25) is 0 Å². The average molecular weight is 290 g/mol. The lowest BCUT2D eigenvalue weighted by Gasteiger charge is -2.23. The molecule has 0 atom stereocenters. The lowest BCUT2D eigenvalue weighted by molar-refractivity contribution is 0.187. The van der Waals surface area contributed by atoms with Gasteiger partial charge in [-0.2, -0.15) is 8.78 Å². The number of rotatable bonds is 5. The fourth-order valence-corrected chi connectivity index (χ4v) is 1.82. The number of amides is 2. The zero-order valence-electron chi connectivity index (χ0n) is 10.6.